The van der Waals surface area contributed by atoms with Crippen LogP contribution in [-0.4, -0.2) is 35.1 Å². The zero-order valence-corrected chi connectivity index (χ0v) is 10.1. The number of aliphatic hydroxyl groups is 1. The highest BCUT2D eigenvalue weighted by atomic mass is 16.6. The van der Waals surface area contributed by atoms with Crippen LogP contribution in [0.2, 0.25) is 0 Å². The van der Waals surface area contributed by atoms with Crippen LogP contribution in [-0.2, 0) is 11.2 Å². The molecule has 1 atom stereocenters. The molecule has 2 N–H and O–H groups in total. The van der Waals surface area contributed by atoms with Gasteiger partial charge in [-0.15, -0.1) is 0 Å². The molecule has 1 unspecified atom stereocenters. The Hall–Kier alpha value is -2.15. The maximum absolute atomic E-state index is 11.3. The van der Waals surface area contributed by atoms with Crippen LogP contribution in [0.5, 0.6) is 0 Å². The van der Waals surface area contributed by atoms with Crippen LogP contribution in [0, 0.1) is 10.1 Å². The molecule has 0 spiro atoms. The number of nitrogens with zero attached hydrogens (tertiary/aromatic N) is 2. The number of hydrogen-bond donors (Lipinski definition) is 2. The lowest BCUT2D eigenvalue weighted by Crippen LogP contribution is -2.22. The van der Waals surface area contributed by atoms with Crippen LogP contribution in [0.1, 0.15) is 12.0 Å². The zero-order chi connectivity index (χ0) is 13.6. The molecular weight excluding hydrogens is 250 g/mol. The molecule has 0 bridgehead atoms. The van der Waals surface area contributed by atoms with Gasteiger partial charge >= 0.3 is 0 Å². The van der Waals surface area contributed by atoms with Crippen molar-refractivity contribution in [2.75, 3.05) is 23.3 Å². The van der Waals surface area contributed by atoms with Crippen molar-refractivity contribution in [3.63, 3.8) is 0 Å². The quantitative estimate of drug-likeness (QED) is 0.603. The largest absolute Gasteiger partial charge is 0.391 e. The second-order valence-electron chi connectivity index (χ2n) is 4.87. The predicted octanol–water partition coefficient (Wildman–Crippen LogP) is 0.660. The van der Waals surface area contributed by atoms with E-state index in [1.807, 2.05) is 0 Å². The number of rotatable bonds is 2. The first-order chi connectivity index (χ1) is 9.04. The number of nitrogens with one attached hydrogen (secondary N) is 1. The van der Waals surface area contributed by atoms with E-state index in [4.69, 9.17) is 0 Å². The summed E-state index contributed by atoms with van der Waals surface area (Å²) in [5, 5.41) is 23.4. The van der Waals surface area contributed by atoms with E-state index in [1.54, 1.807) is 11.0 Å². The van der Waals surface area contributed by atoms with Crippen LogP contribution in [0.15, 0.2) is 12.1 Å². The third-order valence-electron chi connectivity index (χ3n) is 3.53. The molecule has 7 nitrogen and oxygen atoms in total. The number of fused-ring (bicyclic) bond motifs is 1. The number of carbonyl (C=O) groups excluding carboxylic acids is 1. The second-order valence-corrected chi connectivity index (χ2v) is 4.87. The van der Waals surface area contributed by atoms with E-state index in [1.165, 1.54) is 6.07 Å². The Bertz CT molecular complexity index is 572. The maximum Gasteiger partial charge on any atom is 0.292 e. The van der Waals surface area contributed by atoms with E-state index >= 15 is 0 Å². The Morgan fingerprint density at radius 3 is 2.89 bits per heavy atom. The Morgan fingerprint density at radius 1 is 1.47 bits per heavy atom. The van der Waals surface area contributed by atoms with Gasteiger partial charge in [-0.3, -0.25) is 14.9 Å². The van der Waals surface area contributed by atoms with Gasteiger partial charge in [0.15, 0.2) is 0 Å². The summed E-state index contributed by atoms with van der Waals surface area (Å²) in [4.78, 5) is 23.8. The number of benzene rings is 1. The zero-order valence-electron chi connectivity index (χ0n) is 10.1. The lowest BCUT2D eigenvalue weighted by Gasteiger charge is -2.18. The normalized spacial score (nSPS) is 21.4. The Kier molecular flexibility index (Phi) is 2.63. The molecule has 0 aromatic heterocycles. The number of hydrogen-bond acceptors (Lipinski definition) is 5. The molecule has 19 heavy (non-hydrogen) atoms. The van der Waals surface area contributed by atoms with Crippen LogP contribution in [0.25, 0.3) is 0 Å². The molecule has 2 aliphatic rings. The fraction of sp³-hybridized carbons (Fsp3) is 0.417. The van der Waals surface area contributed by atoms with Gasteiger partial charge in [-0.25, -0.2) is 0 Å². The summed E-state index contributed by atoms with van der Waals surface area (Å²) in [5.74, 6) is -0.150. The fourth-order valence-corrected chi connectivity index (χ4v) is 2.61. The van der Waals surface area contributed by atoms with Gasteiger partial charge in [0.1, 0.15) is 5.69 Å². The molecule has 100 valence electrons. The van der Waals surface area contributed by atoms with Gasteiger partial charge < -0.3 is 15.3 Å². The molecule has 1 aromatic rings. The summed E-state index contributed by atoms with van der Waals surface area (Å²) in [5.41, 5.74) is 1.74. The molecule has 1 fully saturated rings. The minimum atomic E-state index is -0.456. The Morgan fingerprint density at radius 2 is 2.26 bits per heavy atom. The van der Waals surface area contributed by atoms with E-state index in [0.29, 0.717) is 36.4 Å². The number of anilines is 2. The summed E-state index contributed by atoms with van der Waals surface area (Å²) in [6.45, 7) is 0.961. The molecule has 1 saturated heterocycles. The van der Waals surface area contributed by atoms with E-state index in [0.717, 1.165) is 0 Å². The van der Waals surface area contributed by atoms with Crippen molar-refractivity contribution in [2.24, 2.45) is 0 Å². The van der Waals surface area contributed by atoms with Crippen molar-refractivity contribution in [1.29, 1.82) is 0 Å². The highest BCUT2D eigenvalue weighted by Gasteiger charge is 2.30. The highest BCUT2D eigenvalue weighted by Crippen LogP contribution is 2.37. The Labute approximate surface area is 109 Å². The number of nitro groups is 1. The van der Waals surface area contributed by atoms with Crippen LogP contribution >= 0.6 is 0 Å². The summed E-state index contributed by atoms with van der Waals surface area (Å²) in [7, 11) is 0. The van der Waals surface area contributed by atoms with E-state index < -0.39 is 11.0 Å². The summed E-state index contributed by atoms with van der Waals surface area (Å²) in [6.07, 6.45) is 0.321. The van der Waals surface area contributed by atoms with Crippen LogP contribution < -0.4 is 10.2 Å². The predicted molar refractivity (Wildman–Crippen MR) is 68.3 cm³/mol. The SMILES string of the molecule is O=C1Cc2cc([N+](=O)[O-])c(N3CCC(O)C3)cc2N1. The van der Waals surface area contributed by atoms with Gasteiger partial charge in [0.05, 0.1) is 17.4 Å². The molecule has 0 radical (unpaired) electrons. The first kappa shape index (κ1) is 11.9. The van der Waals surface area contributed by atoms with Crippen molar-refractivity contribution in [3.05, 3.63) is 27.8 Å². The fourth-order valence-electron chi connectivity index (χ4n) is 2.61. The minimum absolute atomic E-state index is 0.00986. The molecule has 2 heterocycles. The monoisotopic (exact) mass is 263 g/mol. The van der Waals surface area contributed by atoms with E-state index in [-0.39, 0.29) is 18.0 Å². The lowest BCUT2D eigenvalue weighted by molar-refractivity contribution is -0.384. The maximum atomic E-state index is 11.3. The summed E-state index contributed by atoms with van der Waals surface area (Å²) in [6, 6.07) is 3.09. The molecule has 0 saturated carbocycles. The first-order valence-electron chi connectivity index (χ1n) is 6.09. The lowest BCUT2D eigenvalue weighted by atomic mass is 10.1. The molecular formula is C12H13N3O4. The van der Waals surface area contributed by atoms with Crippen molar-refractivity contribution in [3.8, 4) is 0 Å². The summed E-state index contributed by atoms with van der Waals surface area (Å²) >= 11 is 0. The number of β-amino-alcohol motifs (C(OH)–C–C–N with tert-alkyl or cyclic N) is 1. The van der Waals surface area contributed by atoms with Crippen molar-refractivity contribution in [1.82, 2.24) is 0 Å². The van der Waals surface area contributed by atoms with E-state index in [9.17, 15) is 20.0 Å². The number of nitro benzene ring substituents is 1. The molecule has 1 amide bonds. The topological polar surface area (TPSA) is 95.7 Å². The molecule has 7 heteroatoms. The average molecular weight is 263 g/mol. The van der Waals surface area contributed by atoms with Gasteiger partial charge in [-0.2, -0.15) is 0 Å². The van der Waals surface area contributed by atoms with Gasteiger partial charge in [0, 0.05) is 24.8 Å². The van der Waals surface area contributed by atoms with Crippen molar-refractivity contribution in [2.45, 2.75) is 18.9 Å². The molecule has 0 aliphatic carbocycles. The van der Waals surface area contributed by atoms with Gasteiger partial charge in [0.25, 0.3) is 5.69 Å². The Balaban J connectivity index is 2.05. The van der Waals surface area contributed by atoms with Crippen LogP contribution in [0.3, 0.4) is 0 Å². The smallest absolute Gasteiger partial charge is 0.292 e. The minimum Gasteiger partial charge on any atom is -0.391 e. The van der Waals surface area contributed by atoms with Gasteiger partial charge in [-0.1, -0.05) is 0 Å². The third-order valence-corrected chi connectivity index (χ3v) is 3.53. The molecule has 2 aliphatic heterocycles. The van der Waals surface area contributed by atoms with Crippen molar-refractivity contribution >= 4 is 23.0 Å². The van der Waals surface area contributed by atoms with Gasteiger partial charge in [-0.05, 0) is 18.1 Å². The second kappa shape index (κ2) is 4.20. The molecule has 3 rings (SSSR count). The third kappa shape index (κ3) is 2.01. The first-order valence-corrected chi connectivity index (χ1v) is 6.09. The standard InChI is InChI=1S/C12H13N3O4/c16-8-1-2-14(6-8)10-5-9-7(4-12(17)13-9)3-11(10)15(18)19/h3,5,8,16H,1-2,4,6H2,(H,13,17). The average Bonchev–Trinajstić information content (AvgIpc) is 2.91. The number of carbonyl (C=O) groups is 1. The van der Waals surface area contributed by atoms with Gasteiger partial charge in [0.2, 0.25) is 5.91 Å². The summed E-state index contributed by atoms with van der Waals surface area (Å²) < 4.78 is 0. The van der Waals surface area contributed by atoms with Crippen molar-refractivity contribution < 1.29 is 14.8 Å². The molecule has 1 aromatic carbocycles. The number of amides is 1. The van der Waals surface area contributed by atoms with E-state index in [2.05, 4.69) is 5.32 Å². The highest BCUT2D eigenvalue weighted by molar-refractivity contribution is 6.00. The van der Waals surface area contributed by atoms with Crippen LogP contribution in [0.4, 0.5) is 17.1 Å². The number of aliphatic hydroxyl groups excluding tert-OH is 1.